The van der Waals surface area contributed by atoms with Crippen LogP contribution < -0.4 is 0 Å². The number of aromatic nitrogens is 2. The molecule has 1 aliphatic rings. The molecule has 0 saturated carbocycles. The third-order valence-electron chi connectivity index (χ3n) is 3.55. The first-order valence-electron chi connectivity index (χ1n) is 6.14. The van der Waals surface area contributed by atoms with Gasteiger partial charge in [0, 0.05) is 37.6 Å². The average Bonchev–Trinajstić information content (AvgIpc) is 2.56. The second-order valence-corrected chi connectivity index (χ2v) is 6.81. The van der Waals surface area contributed by atoms with E-state index in [0.29, 0.717) is 6.42 Å². The molecule has 1 saturated heterocycles. The van der Waals surface area contributed by atoms with E-state index in [-0.39, 0.29) is 12.1 Å². The third kappa shape index (κ3) is 2.92. The van der Waals surface area contributed by atoms with Gasteiger partial charge in [-0.05, 0) is 29.9 Å². The highest BCUT2D eigenvalue weighted by atomic mass is 79.9. The van der Waals surface area contributed by atoms with Gasteiger partial charge in [-0.2, -0.15) is 16.9 Å². The number of aliphatic hydroxyl groups is 1. The molecule has 1 aromatic heterocycles. The molecule has 1 aromatic rings. The summed E-state index contributed by atoms with van der Waals surface area (Å²) in [6.07, 6.45) is 0.307. The molecule has 1 fully saturated rings. The summed E-state index contributed by atoms with van der Waals surface area (Å²) < 4.78 is 2.88. The van der Waals surface area contributed by atoms with Gasteiger partial charge in [0.2, 0.25) is 0 Å². The largest absolute Gasteiger partial charge is 0.391 e. The van der Waals surface area contributed by atoms with Crippen molar-refractivity contribution >= 4 is 27.7 Å². The van der Waals surface area contributed by atoms with Crippen molar-refractivity contribution in [2.75, 3.05) is 25.1 Å². The van der Waals surface area contributed by atoms with E-state index in [1.54, 1.807) is 0 Å². The monoisotopic (exact) mass is 333 g/mol. The lowest BCUT2D eigenvalue weighted by atomic mass is 10.1. The van der Waals surface area contributed by atoms with Crippen molar-refractivity contribution in [1.82, 2.24) is 14.7 Å². The van der Waals surface area contributed by atoms with E-state index >= 15 is 0 Å². The molecule has 1 aliphatic heterocycles. The molecule has 0 aromatic carbocycles. The van der Waals surface area contributed by atoms with Gasteiger partial charge in [-0.3, -0.25) is 9.58 Å². The van der Waals surface area contributed by atoms with E-state index < -0.39 is 0 Å². The van der Waals surface area contributed by atoms with Crippen LogP contribution in [0.25, 0.3) is 0 Å². The van der Waals surface area contributed by atoms with Gasteiger partial charge in [0.15, 0.2) is 0 Å². The van der Waals surface area contributed by atoms with Crippen LogP contribution in [0.3, 0.4) is 0 Å². The summed E-state index contributed by atoms with van der Waals surface area (Å²) >= 11 is 5.48. The van der Waals surface area contributed by atoms with E-state index in [4.69, 9.17) is 0 Å². The summed E-state index contributed by atoms with van der Waals surface area (Å²) in [6, 6.07) is 0.242. The minimum atomic E-state index is -0.339. The van der Waals surface area contributed by atoms with Crippen molar-refractivity contribution in [2.45, 2.75) is 25.5 Å². The summed E-state index contributed by atoms with van der Waals surface area (Å²) in [6.45, 7) is 3.03. The van der Waals surface area contributed by atoms with Crippen molar-refractivity contribution in [3.63, 3.8) is 0 Å². The molecule has 4 nitrogen and oxygen atoms in total. The normalized spacial score (nSPS) is 23.3. The minimum absolute atomic E-state index is 0.242. The van der Waals surface area contributed by atoms with Gasteiger partial charge in [0.1, 0.15) is 0 Å². The van der Waals surface area contributed by atoms with Gasteiger partial charge in [0.05, 0.1) is 22.0 Å². The van der Waals surface area contributed by atoms with Gasteiger partial charge in [-0.1, -0.05) is 0 Å². The molecule has 2 unspecified atom stereocenters. The van der Waals surface area contributed by atoms with Crippen LogP contribution in [0.1, 0.15) is 11.4 Å². The van der Waals surface area contributed by atoms with Crippen molar-refractivity contribution in [2.24, 2.45) is 7.05 Å². The summed E-state index contributed by atoms with van der Waals surface area (Å²) in [5.74, 6) is 2.17. The topological polar surface area (TPSA) is 41.3 Å². The van der Waals surface area contributed by atoms with Gasteiger partial charge < -0.3 is 5.11 Å². The molecule has 2 heterocycles. The summed E-state index contributed by atoms with van der Waals surface area (Å²) in [4.78, 5) is 2.26. The van der Waals surface area contributed by atoms with Crippen LogP contribution in [-0.2, 0) is 13.5 Å². The molecule has 18 heavy (non-hydrogen) atoms. The Hall–Kier alpha value is -0.0400. The van der Waals surface area contributed by atoms with Crippen LogP contribution in [0.15, 0.2) is 4.47 Å². The average molecular weight is 334 g/mol. The number of hydrogen-bond acceptors (Lipinski definition) is 4. The van der Waals surface area contributed by atoms with Crippen molar-refractivity contribution in [3.8, 4) is 0 Å². The highest BCUT2D eigenvalue weighted by molar-refractivity contribution is 9.10. The molecule has 102 valence electrons. The molecule has 0 spiro atoms. The first-order chi connectivity index (χ1) is 8.50. The number of aliphatic hydroxyl groups excluding tert-OH is 1. The summed E-state index contributed by atoms with van der Waals surface area (Å²) in [5, 5.41) is 14.8. The predicted molar refractivity (Wildman–Crippen MR) is 79.1 cm³/mol. The standard InChI is InChI=1S/C12H20BrN3OS/c1-8-12(13)9(16(3)14-8)6-11(17)10-7-18-5-4-15(10)2/h10-11,17H,4-7H2,1-3H3. The molecule has 1 N–H and O–H groups in total. The Morgan fingerprint density at radius 1 is 1.56 bits per heavy atom. The summed E-state index contributed by atoms with van der Waals surface area (Å²) in [7, 11) is 4.02. The number of likely N-dealkylation sites (N-methyl/N-ethyl adjacent to an activating group) is 1. The fourth-order valence-corrected chi connectivity index (χ4v) is 4.15. The Bertz CT molecular complexity index is 424. The van der Waals surface area contributed by atoms with Crippen LogP contribution in [0.4, 0.5) is 0 Å². The van der Waals surface area contributed by atoms with Crippen molar-refractivity contribution in [1.29, 1.82) is 0 Å². The Kier molecular flexibility index (Phi) is 4.75. The molecule has 0 aliphatic carbocycles. The lowest BCUT2D eigenvalue weighted by Gasteiger charge is -2.35. The number of hydrogen-bond donors (Lipinski definition) is 1. The highest BCUT2D eigenvalue weighted by Crippen LogP contribution is 2.24. The third-order valence-corrected chi connectivity index (χ3v) is 5.63. The number of aryl methyl sites for hydroxylation is 2. The van der Waals surface area contributed by atoms with Crippen LogP contribution in [-0.4, -0.2) is 57.0 Å². The maximum absolute atomic E-state index is 10.4. The van der Waals surface area contributed by atoms with E-state index in [9.17, 15) is 5.11 Å². The fraction of sp³-hybridized carbons (Fsp3) is 0.750. The van der Waals surface area contributed by atoms with Gasteiger partial charge >= 0.3 is 0 Å². The highest BCUT2D eigenvalue weighted by Gasteiger charge is 2.28. The second-order valence-electron chi connectivity index (χ2n) is 4.86. The molecular formula is C12H20BrN3OS. The van der Waals surface area contributed by atoms with Crippen molar-refractivity contribution in [3.05, 3.63) is 15.9 Å². The molecule has 6 heteroatoms. The molecule has 0 bridgehead atoms. The Labute approximate surface area is 121 Å². The molecule has 2 rings (SSSR count). The Morgan fingerprint density at radius 3 is 2.83 bits per heavy atom. The summed E-state index contributed by atoms with van der Waals surface area (Å²) in [5.41, 5.74) is 2.05. The zero-order chi connectivity index (χ0) is 13.3. The molecule has 0 amide bonds. The maximum Gasteiger partial charge on any atom is 0.0758 e. The Morgan fingerprint density at radius 2 is 2.28 bits per heavy atom. The lowest BCUT2D eigenvalue weighted by Crippen LogP contribution is -2.48. The van der Waals surface area contributed by atoms with Gasteiger partial charge in [-0.25, -0.2) is 0 Å². The first kappa shape index (κ1) is 14.4. The lowest BCUT2D eigenvalue weighted by molar-refractivity contribution is 0.0748. The van der Waals surface area contributed by atoms with Crippen LogP contribution in [0.5, 0.6) is 0 Å². The van der Waals surface area contributed by atoms with Crippen LogP contribution in [0.2, 0.25) is 0 Å². The maximum atomic E-state index is 10.4. The van der Waals surface area contributed by atoms with Gasteiger partial charge in [0.25, 0.3) is 0 Å². The first-order valence-corrected chi connectivity index (χ1v) is 8.09. The number of nitrogens with zero attached hydrogens (tertiary/aromatic N) is 3. The smallest absolute Gasteiger partial charge is 0.0758 e. The van der Waals surface area contributed by atoms with Gasteiger partial charge in [-0.15, -0.1) is 0 Å². The van der Waals surface area contributed by atoms with E-state index in [0.717, 1.165) is 33.9 Å². The van der Waals surface area contributed by atoms with E-state index in [1.165, 1.54) is 0 Å². The predicted octanol–water partition coefficient (Wildman–Crippen LogP) is 1.44. The van der Waals surface area contributed by atoms with E-state index in [2.05, 4.69) is 33.0 Å². The van der Waals surface area contributed by atoms with Crippen LogP contribution >= 0.6 is 27.7 Å². The van der Waals surface area contributed by atoms with Crippen molar-refractivity contribution < 1.29 is 5.11 Å². The minimum Gasteiger partial charge on any atom is -0.391 e. The Balaban J connectivity index is 2.08. The van der Waals surface area contributed by atoms with Crippen LogP contribution in [0, 0.1) is 6.92 Å². The molecule has 2 atom stereocenters. The number of rotatable bonds is 3. The number of thioether (sulfide) groups is 1. The SMILES string of the molecule is Cc1nn(C)c(CC(O)C2CSCCN2C)c1Br. The molecular weight excluding hydrogens is 314 g/mol. The quantitative estimate of drug-likeness (QED) is 0.908. The second kappa shape index (κ2) is 5.94. The molecule has 0 radical (unpaired) electrons. The fourth-order valence-electron chi connectivity index (χ4n) is 2.35. The zero-order valence-electron chi connectivity index (χ0n) is 11.1. The van der Waals surface area contributed by atoms with E-state index in [1.807, 2.05) is 30.4 Å². The zero-order valence-corrected chi connectivity index (χ0v) is 13.5. The number of halogens is 1.